The van der Waals surface area contributed by atoms with Gasteiger partial charge in [0.1, 0.15) is 5.82 Å². The molecular weight excluding hydrogens is 339 g/mol. The zero-order valence-corrected chi connectivity index (χ0v) is 11.5. The van der Waals surface area contributed by atoms with Gasteiger partial charge in [-0.2, -0.15) is 4.98 Å². The fourth-order valence-corrected chi connectivity index (χ4v) is 3.03. The molecule has 0 aliphatic carbocycles. The number of halogens is 1. The number of fused-ring (bicyclic) bond motifs is 1. The van der Waals surface area contributed by atoms with Gasteiger partial charge < -0.3 is 16.2 Å². The normalized spacial score (nSPS) is 12.9. The largest absolute Gasteiger partial charge is 0.392 e. The summed E-state index contributed by atoms with van der Waals surface area (Å²) in [5.74, 6) is 0.936. The molecule has 16 heavy (non-hydrogen) atoms. The summed E-state index contributed by atoms with van der Waals surface area (Å²) in [6.45, 7) is 2.16. The van der Waals surface area contributed by atoms with Crippen molar-refractivity contribution in [2.24, 2.45) is 0 Å². The molecule has 2 aromatic heterocycles. The Bertz CT molecular complexity index is 513. The standard InChI is InChI=1S/C9H11IN4OS/c1-4(15)3-12-8-7-5(2-6(10)16-7)13-9(11)14-8/h2,4,15H,3H2,1H3,(H3,11,12,13,14)/t4-/m1/s1. The maximum Gasteiger partial charge on any atom is 0.222 e. The van der Waals surface area contributed by atoms with Gasteiger partial charge in [0.15, 0.2) is 0 Å². The minimum absolute atomic E-state index is 0.245. The second-order valence-electron chi connectivity index (χ2n) is 3.43. The molecule has 0 radical (unpaired) electrons. The predicted octanol–water partition coefficient (Wildman–Crippen LogP) is 1.67. The van der Waals surface area contributed by atoms with Crippen molar-refractivity contribution in [3.8, 4) is 0 Å². The van der Waals surface area contributed by atoms with Crippen LogP contribution in [0.25, 0.3) is 10.2 Å². The average molecular weight is 350 g/mol. The van der Waals surface area contributed by atoms with Crippen LogP contribution in [-0.4, -0.2) is 27.7 Å². The van der Waals surface area contributed by atoms with Crippen LogP contribution in [0.2, 0.25) is 0 Å². The number of nitrogens with two attached hydrogens (primary N) is 1. The van der Waals surface area contributed by atoms with Crippen LogP contribution in [0.4, 0.5) is 11.8 Å². The molecule has 0 aliphatic rings. The van der Waals surface area contributed by atoms with E-state index in [-0.39, 0.29) is 5.95 Å². The van der Waals surface area contributed by atoms with Crippen molar-refractivity contribution in [2.75, 3.05) is 17.6 Å². The SMILES string of the molecule is C[C@@H](O)CNc1nc(N)nc2cc(I)sc12. The fourth-order valence-electron chi connectivity index (χ4n) is 1.28. The Labute approximate surface area is 110 Å². The van der Waals surface area contributed by atoms with Gasteiger partial charge in [-0.15, -0.1) is 11.3 Å². The van der Waals surface area contributed by atoms with E-state index in [9.17, 15) is 5.11 Å². The van der Waals surface area contributed by atoms with E-state index in [0.717, 1.165) is 13.1 Å². The molecule has 5 nitrogen and oxygen atoms in total. The highest BCUT2D eigenvalue weighted by Crippen LogP contribution is 2.30. The lowest BCUT2D eigenvalue weighted by molar-refractivity contribution is 0.208. The molecule has 86 valence electrons. The smallest absolute Gasteiger partial charge is 0.222 e. The first-order valence-corrected chi connectivity index (χ1v) is 6.60. The second kappa shape index (κ2) is 4.68. The van der Waals surface area contributed by atoms with E-state index in [1.165, 1.54) is 0 Å². The third-order valence-electron chi connectivity index (χ3n) is 1.92. The van der Waals surface area contributed by atoms with Gasteiger partial charge in [0, 0.05) is 6.54 Å². The molecule has 0 aromatic carbocycles. The molecule has 4 N–H and O–H groups in total. The molecule has 1 atom stereocenters. The molecule has 0 aliphatic heterocycles. The Morgan fingerprint density at radius 1 is 1.62 bits per heavy atom. The van der Waals surface area contributed by atoms with Gasteiger partial charge in [-0.3, -0.25) is 0 Å². The van der Waals surface area contributed by atoms with E-state index in [0.29, 0.717) is 12.4 Å². The van der Waals surface area contributed by atoms with Gasteiger partial charge in [-0.1, -0.05) is 0 Å². The van der Waals surface area contributed by atoms with E-state index in [2.05, 4.69) is 37.9 Å². The van der Waals surface area contributed by atoms with Gasteiger partial charge in [-0.05, 0) is 35.6 Å². The lowest BCUT2D eigenvalue weighted by atomic mass is 10.4. The van der Waals surface area contributed by atoms with Crippen LogP contribution in [-0.2, 0) is 0 Å². The van der Waals surface area contributed by atoms with Crippen LogP contribution in [0.15, 0.2) is 6.07 Å². The summed E-state index contributed by atoms with van der Waals surface area (Å²) in [5.41, 5.74) is 6.46. The summed E-state index contributed by atoms with van der Waals surface area (Å²) in [4.78, 5) is 8.29. The van der Waals surface area contributed by atoms with Crippen molar-refractivity contribution in [1.82, 2.24) is 9.97 Å². The molecule has 2 aromatic rings. The molecule has 0 amide bonds. The van der Waals surface area contributed by atoms with Crippen molar-refractivity contribution in [3.05, 3.63) is 8.95 Å². The zero-order valence-electron chi connectivity index (χ0n) is 8.57. The van der Waals surface area contributed by atoms with Crippen molar-refractivity contribution in [3.63, 3.8) is 0 Å². The Kier molecular flexibility index (Phi) is 3.45. The zero-order chi connectivity index (χ0) is 11.7. The van der Waals surface area contributed by atoms with Crippen LogP contribution < -0.4 is 11.1 Å². The summed E-state index contributed by atoms with van der Waals surface area (Å²) in [6.07, 6.45) is -0.426. The Balaban J connectivity index is 2.41. The Morgan fingerprint density at radius 3 is 3.06 bits per heavy atom. The predicted molar refractivity (Wildman–Crippen MR) is 74.7 cm³/mol. The van der Waals surface area contributed by atoms with Crippen LogP contribution in [0.5, 0.6) is 0 Å². The number of hydrogen-bond donors (Lipinski definition) is 3. The highest BCUT2D eigenvalue weighted by atomic mass is 127. The number of anilines is 2. The van der Waals surface area contributed by atoms with E-state index in [4.69, 9.17) is 5.73 Å². The third kappa shape index (κ3) is 2.53. The third-order valence-corrected chi connectivity index (χ3v) is 3.82. The van der Waals surface area contributed by atoms with Gasteiger partial charge in [-0.25, -0.2) is 4.98 Å². The molecule has 2 rings (SSSR count). The van der Waals surface area contributed by atoms with Gasteiger partial charge >= 0.3 is 0 Å². The second-order valence-corrected chi connectivity index (χ2v) is 6.37. The minimum Gasteiger partial charge on any atom is -0.392 e. The molecule has 0 unspecified atom stereocenters. The van der Waals surface area contributed by atoms with Gasteiger partial charge in [0.2, 0.25) is 5.95 Å². The monoisotopic (exact) mass is 350 g/mol. The van der Waals surface area contributed by atoms with Crippen molar-refractivity contribution in [2.45, 2.75) is 13.0 Å². The Morgan fingerprint density at radius 2 is 2.38 bits per heavy atom. The molecule has 2 heterocycles. The highest BCUT2D eigenvalue weighted by molar-refractivity contribution is 14.1. The minimum atomic E-state index is -0.426. The molecule has 0 bridgehead atoms. The quantitative estimate of drug-likeness (QED) is 0.734. The lowest BCUT2D eigenvalue weighted by Gasteiger charge is -2.08. The number of nitrogens with one attached hydrogen (secondary N) is 1. The topological polar surface area (TPSA) is 84.1 Å². The van der Waals surface area contributed by atoms with Crippen molar-refractivity contribution >= 4 is 55.9 Å². The van der Waals surface area contributed by atoms with Crippen molar-refractivity contribution in [1.29, 1.82) is 0 Å². The molecule has 7 heteroatoms. The molecular formula is C9H11IN4OS. The number of rotatable bonds is 3. The first kappa shape index (κ1) is 11.8. The molecule has 0 saturated heterocycles. The molecule has 0 spiro atoms. The average Bonchev–Trinajstić information content (AvgIpc) is 2.54. The number of nitrogen functional groups attached to an aromatic ring is 1. The number of nitrogens with zero attached hydrogens (tertiary/aromatic N) is 2. The first-order valence-electron chi connectivity index (χ1n) is 4.71. The van der Waals surface area contributed by atoms with Gasteiger partial charge in [0.25, 0.3) is 0 Å². The van der Waals surface area contributed by atoms with Gasteiger partial charge in [0.05, 0.1) is 19.2 Å². The van der Waals surface area contributed by atoms with Crippen LogP contribution in [0, 0.1) is 2.88 Å². The van der Waals surface area contributed by atoms with Crippen LogP contribution in [0.3, 0.4) is 0 Å². The summed E-state index contributed by atoms with van der Waals surface area (Å²) >= 11 is 3.84. The van der Waals surface area contributed by atoms with E-state index < -0.39 is 6.10 Å². The van der Waals surface area contributed by atoms with E-state index >= 15 is 0 Å². The summed E-state index contributed by atoms with van der Waals surface area (Å²) in [7, 11) is 0. The summed E-state index contributed by atoms with van der Waals surface area (Å²) in [5, 5.41) is 12.3. The van der Waals surface area contributed by atoms with E-state index in [1.54, 1.807) is 18.3 Å². The first-order chi connectivity index (χ1) is 7.56. The maximum absolute atomic E-state index is 9.23. The number of aromatic nitrogens is 2. The van der Waals surface area contributed by atoms with Crippen molar-refractivity contribution < 1.29 is 5.11 Å². The molecule has 0 saturated carbocycles. The summed E-state index contributed by atoms with van der Waals surface area (Å²) < 4.78 is 2.10. The molecule has 0 fully saturated rings. The number of aliphatic hydroxyl groups excluding tert-OH is 1. The fraction of sp³-hybridized carbons (Fsp3) is 0.333. The summed E-state index contributed by atoms with van der Waals surface area (Å²) in [6, 6.07) is 1.96. The number of aliphatic hydroxyl groups is 1. The van der Waals surface area contributed by atoms with Crippen LogP contribution >= 0.6 is 33.9 Å². The Hall–Kier alpha value is -0.670. The lowest BCUT2D eigenvalue weighted by Crippen LogP contribution is -2.16. The highest BCUT2D eigenvalue weighted by Gasteiger charge is 2.10. The number of hydrogen-bond acceptors (Lipinski definition) is 6. The van der Waals surface area contributed by atoms with E-state index in [1.807, 2.05) is 6.07 Å². The van der Waals surface area contributed by atoms with Crippen LogP contribution in [0.1, 0.15) is 6.92 Å². The maximum atomic E-state index is 9.23. The number of thiophene rings is 1.